The highest BCUT2D eigenvalue weighted by Crippen LogP contribution is 2.55. The van der Waals surface area contributed by atoms with Gasteiger partial charge in [-0.3, -0.25) is 0 Å². The summed E-state index contributed by atoms with van der Waals surface area (Å²) in [6.07, 6.45) is 7.80. The molecule has 3 atom stereocenters. The number of nitrogens with one attached hydrogen (secondary N) is 1. The topological polar surface area (TPSA) is 12.0 Å². The van der Waals surface area contributed by atoms with Gasteiger partial charge >= 0.3 is 0 Å². The molecule has 90 valence electrons. The molecule has 0 amide bonds. The average Bonchev–Trinajstić information content (AvgIpc) is 2.98. The fourth-order valence-corrected chi connectivity index (χ4v) is 2.78. The Balaban J connectivity index is 2.01. The number of rotatable bonds is 4. The van der Waals surface area contributed by atoms with Crippen LogP contribution in [0.5, 0.6) is 0 Å². The van der Waals surface area contributed by atoms with Gasteiger partial charge in [-0.2, -0.15) is 0 Å². The summed E-state index contributed by atoms with van der Waals surface area (Å²) in [5, 5.41) is 3.11. The summed E-state index contributed by atoms with van der Waals surface area (Å²) >= 11 is 0. The van der Waals surface area contributed by atoms with Crippen LogP contribution in [-0.2, 0) is 0 Å². The summed E-state index contributed by atoms with van der Waals surface area (Å²) < 4.78 is 26.3. The number of halogens is 2. The molecule has 1 nitrogen and oxygen atoms in total. The Morgan fingerprint density at radius 3 is 2.81 bits per heavy atom. The molecular weight excluding hydrogens is 208 g/mol. The molecule has 0 bridgehead atoms. The first kappa shape index (κ1) is 11.8. The van der Waals surface area contributed by atoms with Crippen molar-refractivity contribution in [3.63, 3.8) is 0 Å². The van der Waals surface area contributed by atoms with Gasteiger partial charge in [-0.1, -0.05) is 23.8 Å². The lowest BCUT2D eigenvalue weighted by Crippen LogP contribution is -2.22. The Morgan fingerprint density at radius 2 is 2.25 bits per heavy atom. The Bertz CT molecular complexity index is 314. The smallest absolute Gasteiger partial charge is 0.248 e. The van der Waals surface area contributed by atoms with Crippen molar-refractivity contribution in [2.45, 2.75) is 25.7 Å². The van der Waals surface area contributed by atoms with Gasteiger partial charge in [0.1, 0.15) is 0 Å². The molecule has 0 aromatic rings. The maximum absolute atomic E-state index is 13.2. The minimum Gasteiger partial charge on any atom is -0.316 e. The maximum Gasteiger partial charge on any atom is 0.248 e. The highest BCUT2D eigenvalue weighted by molar-refractivity contribution is 5.25. The molecule has 3 unspecified atom stereocenters. The van der Waals surface area contributed by atoms with Crippen LogP contribution in [0.15, 0.2) is 23.8 Å². The summed E-state index contributed by atoms with van der Waals surface area (Å²) in [6, 6.07) is 0. The van der Waals surface area contributed by atoms with Crippen molar-refractivity contribution in [3.05, 3.63) is 23.8 Å². The van der Waals surface area contributed by atoms with Crippen LogP contribution in [0.4, 0.5) is 8.78 Å². The molecule has 2 rings (SSSR count). The minimum atomic E-state index is -2.50. The Hall–Kier alpha value is -0.700. The van der Waals surface area contributed by atoms with E-state index in [0.717, 1.165) is 19.9 Å². The molecule has 1 fully saturated rings. The SMILES string of the molecule is CNCC1=CC=CCC1C1CC1C(C)(F)F. The molecule has 0 spiro atoms. The summed E-state index contributed by atoms with van der Waals surface area (Å²) in [4.78, 5) is 0. The van der Waals surface area contributed by atoms with Gasteiger partial charge in [-0.05, 0) is 38.6 Å². The van der Waals surface area contributed by atoms with Gasteiger partial charge < -0.3 is 5.32 Å². The average molecular weight is 227 g/mol. The number of hydrogen-bond donors (Lipinski definition) is 1. The molecule has 0 aliphatic heterocycles. The maximum atomic E-state index is 13.2. The van der Waals surface area contributed by atoms with Gasteiger partial charge in [-0.25, -0.2) is 8.78 Å². The number of hydrogen-bond acceptors (Lipinski definition) is 1. The molecular formula is C13H19F2N. The van der Waals surface area contributed by atoms with Crippen LogP contribution in [0, 0.1) is 17.8 Å². The first-order valence-electron chi connectivity index (χ1n) is 5.92. The van der Waals surface area contributed by atoms with Gasteiger partial charge in [0.15, 0.2) is 0 Å². The van der Waals surface area contributed by atoms with E-state index in [1.165, 1.54) is 5.57 Å². The fraction of sp³-hybridized carbons (Fsp3) is 0.692. The van der Waals surface area contributed by atoms with Crippen molar-refractivity contribution < 1.29 is 8.78 Å². The normalized spacial score (nSPS) is 33.8. The van der Waals surface area contributed by atoms with Gasteiger partial charge in [-0.15, -0.1) is 0 Å². The minimum absolute atomic E-state index is 0.185. The third kappa shape index (κ3) is 2.34. The Kier molecular flexibility index (Phi) is 3.15. The molecule has 0 aromatic heterocycles. The summed E-state index contributed by atoms with van der Waals surface area (Å²) in [6.45, 7) is 1.87. The van der Waals surface area contributed by atoms with E-state index in [0.29, 0.717) is 12.3 Å². The van der Waals surface area contributed by atoms with Crippen LogP contribution < -0.4 is 5.32 Å². The Labute approximate surface area is 95.6 Å². The molecule has 1 N–H and O–H groups in total. The van der Waals surface area contributed by atoms with Crippen LogP contribution in [0.2, 0.25) is 0 Å². The van der Waals surface area contributed by atoms with Crippen LogP contribution in [0.3, 0.4) is 0 Å². The van der Waals surface area contributed by atoms with E-state index in [2.05, 4.69) is 17.5 Å². The van der Waals surface area contributed by atoms with Crippen LogP contribution in [-0.4, -0.2) is 19.5 Å². The molecule has 1 saturated carbocycles. The summed E-state index contributed by atoms with van der Waals surface area (Å²) in [7, 11) is 1.90. The van der Waals surface area contributed by atoms with E-state index in [4.69, 9.17) is 0 Å². The van der Waals surface area contributed by atoms with E-state index < -0.39 is 11.8 Å². The second-order valence-electron chi connectivity index (χ2n) is 5.00. The predicted octanol–water partition coefficient (Wildman–Crippen LogP) is 3.00. The zero-order valence-electron chi connectivity index (χ0n) is 9.84. The van der Waals surface area contributed by atoms with Gasteiger partial charge in [0.2, 0.25) is 5.92 Å². The predicted molar refractivity (Wildman–Crippen MR) is 61.5 cm³/mol. The quantitative estimate of drug-likeness (QED) is 0.778. The summed E-state index contributed by atoms with van der Waals surface area (Å²) in [5.74, 6) is -2.39. The van der Waals surface area contributed by atoms with Gasteiger partial charge in [0.25, 0.3) is 0 Å². The van der Waals surface area contributed by atoms with E-state index in [-0.39, 0.29) is 5.92 Å². The van der Waals surface area contributed by atoms with Crippen LogP contribution >= 0.6 is 0 Å². The van der Waals surface area contributed by atoms with Crippen molar-refractivity contribution in [1.29, 1.82) is 0 Å². The van der Waals surface area contributed by atoms with Gasteiger partial charge in [0.05, 0.1) is 0 Å². The molecule has 3 heteroatoms. The molecule has 0 heterocycles. The lowest BCUT2D eigenvalue weighted by Gasteiger charge is -2.23. The third-order valence-electron chi connectivity index (χ3n) is 3.70. The van der Waals surface area contributed by atoms with Crippen LogP contribution in [0.25, 0.3) is 0 Å². The number of alkyl halides is 2. The van der Waals surface area contributed by atoms with E-state index in [1.807, 2.05) is 13.1 Å². The van der Waals surface area contributed by atoms with Crippen molar-refractivity contribution >= 4 is 0 Å². The van der Waals surface area contributed by atoms with Gasteiger partial charge in [0, 0.05) is 12.5 Å². The number of likely N-dealkylation sites (N-methyl/N-ethyl adjacent to an activating group) is 1. The van der Waals surface area contributed by atoms with E-state index >= 15 is 0 Å². The largest absolute Gasteiger partial charge is 0.316 e. The van der Waals surface area contributed by atoms with Crippen LogP contribution in [0.1, 0.15) is 19.8 Å². The summed E-state index contributed by atoms with van der Waals surface area (Å²) in [5.41, 5.74) is 1.28. The second-order valence-corrected chi connectivity index (χ2v) is 5.00. The Morgan fingerprint density at radius 1 is 1.50 bits per heavy atom. The van der Waals surface area contributed by atoms with Crippen molar-refractivity contribution in [2.24, 2.45) is 17.8 Å². The lowest BCUT2D eigenvalue weighted by molar-refractivity contribution is -0.00961. The molecule has 2 aliphatic rings. The lowest BCUT2D eigenvalue weighted by atomic mass is 9.86. The monoisotopic (exact) mass is 227 g/mol. The highest BCUT2D eigenvalue weighted by atomic mass is 19.3. The van der Waals surface area contributed by atoms with E-state index in [1.54, 1.807) is 0 Å². The first-order valence-corrected chi connectivity index (χ1v) is 5.92. The first-order chi connectivity index (χ1) is 7.54. The molecule has 16 heavy (non-hydrogen) atoms. The standard InChI is InChI=1S/C13H19F2N/c1-13(14,15)12-7-11(12)10-6-4-3-5-9(10)8-16-2/h3-5,10-12,16H,6-8H2,1-2H3. The zero-order chi connectivity index (χ0) is 11.8. The van der Waals surface area contributed by atoms with Crippen molar-refractivity contribution in [3.8, 4) is 0 Å². The highest BCUT2D eigenvalue weighted by Gasteiger charge is 2.54. The fourth-order valence-electron chi connectivity index (χ4n) is 2.78. The number of allylic oxidation sites excluding steroid dienone is 3. The third-order valence-corrected chi connectivity index (χ3v) is 3.70. The molecule has 0 radical (unpaired) electrons. The molecule has 0 aromatic carbocycles. The molecule has 0 saturated heterocycles. The van der Waals surface area contributed by atoms with Crippen molar-refractivity contribution in [2.75, 3.05) is 13.6 Å². The molecule has 2 aliphatic carbocycles. The van der Waals surface area contributed by atoms with E-state index in [9.17, 15) is 8.78 Å². The van der Waals surface area contributed by atoms with Crippen molar-refractivity contribution in [1.82, 2.24) is 5.32 Å². The zero-order valence-corrected chi connectivity index (χ0v) is 9.84. The second kappa shape index (κ2) is 4.28.